The lowest BCUT2D eigenvalue weighted by Gasteiger charge is -2.33. The first kappa shape index (κ1) is 26.7. The predicted octanol–water partition coefficient (Wildman–Crippen LogP) is 5.05. The molecule has 196 valence electrons. The average Bonchev–Trinajstić information content (AvgIpc) is 3.43. The summed E-state index contributed by atoms with van der Waals surface area (Å²) in [6.45, 7) is 5.87. The second kappa shape index (κ2) is 11.8. The van der Waals surface area contributed by atoms with Crippen molar-refractivity contribution in [3.63, 3.8) is 0 Å². The van der Waals surface area contributed by atoms with Crippen LogP contribution >= 0.6 is 11.3 Å². The van der Waals surface area contributed by atoms with Gasteiger partial charge >= 0.3 is 11.9 Å². The van der Waals surface area contributed by atoms with Crippen molar-refractivity contribution in [2.24, 2.45) is 10.9 Å². The molecule has 3 heterocycles. The van der Waals surface area contributed by atoms with Gasteiger partial charge in [-0.05, 0) is 56.8 Å². The summed E-state index contributed by atoms with van der Waals surface area (Å²) < 4.78 is 11.2. The molecule has 3 atom stereocenters. The number of aliphatic imine (C=N–C) groups is 1. The van der Waals surface area contributed by atoms with Gasteiger partial charge in [-0.3, -0.25) is 24.8 Å². The number of rotatable bonds is 8. The largest absolute Gasteiger partial charge is 0.468 e. The summed E-state index contributed by atoms with van der Waals surface area (Å²) in [6, 6.07) is 9.87. The van der Waals surface area contributed by atoms with Gasteiger partial charge in [0.15, 0.2) is 0 Å². The molecule has 0 N–H and O–H groups in total. The Morgan fingerprint density at radius 1 is 1.19 bits per heavy atom. The molecule has 4 rings (SSSR count). The van der Waals surface area contributed by atoms with Crippen molar-refractivity contribution in [1.29, 1.82) is 0 Å². The number of thiophene rings is 1. The number of hydrogen-bond donors (Lipinski definition) is 0. The van der Waals surface area contributed by atoms with Crippen LogP contribution in [0.4, 0.5) is 5.69 Å². The van der Waals surface area contributed by atoms with E-state index < -0.39 is 34.8 Å². The first-order chi connectivity index (χ1) is 17.8. The van der Waals surface area contributed by atoms with Crippen LogP contribution in [0.1, 0.15) is 55.6 Å². The number of esters is 2. The lowest BCUT2D eigenvalue weighted by Crippen LogP contribution is -2.38. The Labute approximate surface area is 219 Å². The quantitative estimate of drug-likeness (QED) is 0.269. The minimum atomic E-state index is -0.916. The Balaban J connectivity index is 1.73. The highest BCUT2D eigenvalue weighted by Crippen LogP contribution is 2.41. The number of likely N-dealkylation sites (tertiary alicyclic amines) is 1. The van der Waals surface area contributed by atoms with Crippen LogP contribution in [0, 0.1) is 16.0 Å². The van der Waals surface area contributed by atoms with E-state index in [1.165, 1.54) is 37.0 Å². The number of methoxy groups -OCH3 is 1. The van der Waals surface area contributed by atoms with Crippen molar-refractivity contribution in [3.8, 4) is 0 Å². The van der Waals surface area contributed by atoms with Gasteiger partial charge in [-0.25, -0.2) is 4.79 Å². The molecule has 0 aliphatic carbocycles. The molecular weight excluding hydrogens is 494 g/mol. The third-order valence-corrected chi connectivity index (χ3v) is 7.89. The number of ether oxygens (including phenoxy) is 2. The highest BCUT2D eigenvalue weighted by Gasteiger charge is 2.43. The van der Waals surface area contributed by atoms with Gasteiger partial charge in [0.1, 0.15) is 12.0 Å². The number of nitrogens with zero attached hydrogens (tertiary/aromatic N) is 3. The molecule has 0 saturated carbocycles. The first-order valence-corrected chi connectivity index (χ1v) is 13.2. The molecule has 1 aromatic heterocycles. The fraction of sp³-hybridized carbons (Fsp3) is 0.444. The van der Waals surface area contributed by atoms with Gasteiger partial charge < -0.3 is 9.47 Å². The fourth-order valence-corrected chi connectivity index (χ4v) is 5.90. The third-order valence-electron chi connectivity index (χ3n) is 6.93. The number of nitro groups is 1. The van der Waals surface area contributed by atoms with E-state index in [2.05, 4.69) is 9.89 Å². The minimum absolute atomic E-state index is 0.131. The molecule has 0 amide bonds. The summed E-state index contributed by atoms with van der Waals surface area (Å²) in [5.74, 6) is -2.91. The van der Waals surface area contributed by atoms with Crippen molar-refractivity contribution in [3.05, 3.63) is 73.6 Å². The van der Waals surface area contributed by atoms with Crippen molar-refractivity contribution in [2.75, 3.05) is 26.7 Å². The molecule has 2 aromatic rings. The van der Waals surface area contributed by atoms with Crippen LogP contribution in [0.15, 0.2) is 58.0 Å². The molecule has 9 nitrogen and oxygen atoms in total. The van der Waals surface area contributed by atoms with E-state index in [1.807, 2.05) is 17.5 Å². The number of allylic oxidation sites excluding steroid dienone is 1. The highest BCUT2D eigenvalue weighted by atomic mass is 32.1. The minimum Gasteiger partial charge on any atom is -0.468 e. The van der Waals surface area contributed by atoms with E-state index in [4.69, 9.17) is 9.47 Å². The predicted molar refractivity (Wildman–Crippen MR) is 141 cm³/mol. The van der Waals surface area contributed by atoms with Gasteiger partial charge in [0, 0.05) is 40.9 Å². The van der Waals surface area contributed by atoms with E-state index in [1.54, 1.807) is 26.0 Å². The third kappa shape index (κ3) is 5.97. The fourth-order valence-electron chi connectivity index (χ4n) is 5.16. The number of non-ortho nitro benzene ring substituents is 1. The zero-order valence-corrected chi connectivity index (χ0v) is 22.0. The molecular formula is C27H31N3O6S. The van der Waals surface area contributed by atoms with Gasteiger partial charge in [-0.2, -0.15) is 0 Å². The zero-order chi connectivity index (χ0) is 26.5. The number of carbonyl (C=O) groups excluding carboxylic acids is 2. The van der Waals surface area contributed by atoms with Crippen molar-refractivity contribution in [1.82, 2.24) is 4.90 Å². The van der Waals surface area contributed by atoms with Crippen molar-refractivity contribution >= 4 is 34.7 Å². The van der Waals surface area contributed by atoms with Gasteiger partial charge in [-0.1, -0.05) is 24.6 Å². The Morgan fingerprint density at radius 2 is 1.95 bits per heavy atom. The van der Waals surface area contributed by atoms with E-state index in [9.17, 15) is 19.7 Å². The SMILES string of the molecule is COC(=O)C1C(C)=NC(C)=C(C(=O)OC(CN2CCCCC2)c2cccs2)C1c1cccc([N+](=O)[O-])c1. The topological polar surface area (TPSA) is 111 Å². The summed E-state index contributed by atoms with van der Waals surface area (Å²) in [6.07, 6.45) is 2.93. The second-order valence-electron chi connectivity index (χ2n) is 9.35. The number of piperidine rings is 1. The Bertz CT molecular complexity index is 1220. The highest BCUT2D eigenvalue weighted by molar-refractivity contribution is 7.10. The van der Waals surface area contributed by atoms with Crippen LogP contribution in [0.2, 0.25) is 0 Å². The van der Waals surface area contributed by atoms with E-state index in [-0.39, 0.29) is 11.3 Å². The second-order valence-corrected chi connectivity index (χ2v) is 10.3. The molecule has 37 heavy (non-hydrogen) atoms. The number of benzene rings is 1. The molecule has 1 aromatic carbocycles. The maximum atomic E-state index is 13.9. The summed E-state index contributed by atoms with van der Waals surface area (Å²) in [5.41, 5.74) is 1.42. The van der Waals surface area contributed by atoms with Crippen LogP contribution in [0.3, 0.4) is 0 Å². The van der Waals surface area contributed by atoms with Gasteiger partial charge in [-0.15, -0.1) is 11.3 Å². The molecule has 2 aliphatic heterocycles. The average molecular weight is 526 g/mol. The molecule has 0 spiro atoms. The van der Waals surface area contributed by atoms with Crippen LogP contribution in [0.5, 0.6) is 0 Å². The standard InChI is InChI=1S/C27H31N3O6S/c1-17-23(26(31)35-3)25(19-9-7-10-20(15-19)30(33)34)24(18(2)28-17)27(32)36-21(22-11-8-14-37-22)16-29-12-5-4-6-13-29/h7-11,14-15,21,23,25H,4-6,12-13,16H2,1-3H3. The van der Waals surface area contributed by atoms with E-state index in [0.29, 0.717) is 23.5 Å². The smallest absolute Gasteiger partial charge is 0.337 e. The lowest BCUT2D eigenvalue weighted by atomic mass is 9.75. The van der Waals surface area contributed by atoms with Crippen LogP contribution < -0.4 is 0 Å². The molecule has 1 saturated heterocycles. The maximum Gasteiger partial charge on any atom is 0.337 e. The monoisotopic (exact) mass is 525 g/mol. The van der Waals surface area contributed by atoms with Crippen molar-refractivity contribution < 1.29 is 24.0 Å². The molecule has 2 aliphatic rings. The molecule has 0 bridgehead atoms. The van der Waals surface area contributed by atoms with E-state index in [0.717, 1.165) is 30.8 Å². The summed E-state index contributed by atoms with van der Waals surface area (Å²) in [7, 11) is 1.27. The van der Waals surface area contributed by atoms with Crippen molar-refractivity contribution in [2.45, 2.75) is 45.1 Å². The van der Waals surface area contributed by atoms with Crippen LogP contribution in [-0.4, -0.2) is 54.2 Å². The van der Waals surface area contributed by atoms with Crippen LogP contribution in [0.25, 0.3) is 0 Å². The molecule has 3 unspecified atom stereocenters. The zero-order valence-electron chi connectivity index (χ0n) is 21.2. The summed E-state index contributed by atoms with van der Waals surface area (Å²) in [5, 5.41) is 13.4. The Kier molecular flexibility index (Phi) is 8.50. The molecule has 0 radical (unpaired) electrons. The normalized spacial score (nSPS) is 21.2. The van der Waals surface area contributed by atoms with E-state index >= 15 is 0 Å². The lowest BCUT2D eigenvalue weighted by molar-refractivity contribution is -0.384. The number of carbonyl (C=O) groups is 2. The summed E-state index contributed by atoms with van der Waals surface area (Å²) >= 11 is 1.52. The molecule has 1 fully saturated rings. The summed E-state index contributed by atoms with van der Waals surface area (Å²) in [4.78, 5) is 45.5. The maximum absolute atomic E-state index is 13.9. The Morgan fingerprint density at radius 3 is 2.59 bits per heavy atom. The Hall–Kier alpha value is -3.37. The van der Waals surface area contributed by atoms with Gasteiger partial charge in [0.2, 0.25) is 0 Å². The molecule has 10 heteroatoms. The van der Waals surface area contributed by atoms with Gasteiger partial charge in [0.05, 0.1) is 17.6 Å². The van der Waals surface area contributed by atoms with Crippen LogP contribution in [-0.2, 0) is 19.1 Å². The van der Waals surface area contributed by atoms with Gasteiger partial charge in [0.25, 0.3) is 5.69 Å². The number of nitro benzene ring substituents is 1. The number of hydrogen-bond acceptors (Lipinski definition) is 9. The first-order valence-electron chi connectivity index (χ1n) is 12.3.